The van der Waals surface area contributed by atoms with E-state index in [1.165, 1.54) is 18.2 Å². The van der Waals surface area contributed by atoms with Gasteiger partial charge in [0.2, 0.25) is 5.91 Å². The molecule has 1 aromatic rings. The van der Waals surface area contributed by atoms with Crippen LogP contribution in [0.25, 0.3) is 0 Å². The molecule has 0 spiro atoms. The highest BCUT2D eigenvalue weighted by molar-refractivity contribution is 5.82. The number of amides is 1. The number of rotatable bonds is 4. The minimum atomic E-state index is -0.655. The zero-order valence-electron chi connectivity index (χ0n) is 11.5. The minimum Gasteiger partial charge on any atom is -0.354 e. The Labute approximate surface area is 112 Å². The molecule has 0 fully saturated rings. The van der Waals surface area contributed by atoms with Gasteiger partial charge in [0.25, 0.3) is 0 Å². The molecular weight excluding hydrogens is 250 g/mol. The van der Waals surface area contributed by atoms with Crippen molar-refractivity contribution in [2.75, 3.05) is 6.54 Å². The van der Waals surface area contributed by atoms with Crippen molar-refractivity contribution in [3.8, 4) is 0 Å². The van der Waals surface area contributed by atoms with E-state index in [-0.39, 0.29) is 29.9 Å². The normalized spacial score (nSPS) is 13.2. The Morgan fingerprint density at radius 1 is 1.32 bits per heavy atom. The highest BCUT2D eigenvalue weighted by Gasteiger charge is 2.27. The number of benzene rings is 1. The lowest BCUT2D eigenvalue weighted by Gasteiger charge is -2.25. The summed E-state index contributed by atoms with van der Waals surface area (Å²) in [4.78, 5) is 11.7. The van der Waals surface area contributed by atoms with Crippen LogP contribution in [0, 0.1) is 17.0 Å². The highest BCUT2D eigenvalue weighted by Crippen LogP contribution is 2.17. The van der Waals surface area contributed by atoms with E-state index in [0.29, 0.717) is 0 Å². The van der Waals surface area contributed by atoms with Gasteiger partial charge in [-0.2, -0.15) is 0 Å². The third kappa shape index (κ3) is 4.28. The Morgan fingerprint density at radius 3 is 2.32 bits per heavy atom. The molecule has 0 aliphatic carbocycles. The van der Waals surface area contributed by atoms with Crippen LogP contribution >= 0.6 is 0 Å². The first-order valence-corrected chi connectivity index (χ1v) is 6.19. The van der Waals surface area contributed by atoms with Gasteiger partial charge < -0.3 is 11.1 Å². The standard InChI is InChI=1S/C14H20F2N2O/c1-14(2,3)12(17)13(19)18-8-7-9-10(15)5-4-6-11(9)16/h4-6,12H,7-8,17H2,1-3H3,(H,18,19)/t12-/m1/s1. The lowest BCUT2D eigenvalue weighted by atomic mass is 9.87. The molecule has 1 amide bonds. The number of nitrogens with one attached hydrogen (secondary N) is 1. The van der Waals surface area contributed by atoms with E-state index >= 15 is 0 Å². The Kier molecular flexibility index (Phi) is 5.00. The molecule has 1 rings (SSSR count). The van der Waals surface area contributed by atoms with Crippen LogP contribution in [0.3, 0.4) is 0 Å². The van der Waals surface area contributed by atoms with Gasteiger partial charge in [0, 0.05) is 12.1 Å². The monoisotopic (exact) mass is 270 g/mol. The first-order valence-electron chi connectivity index (χ1n) is 6.19. The molecule has 19 heavy (non-hydrogen) atoms. The summed E-state index contributed by atoms with van der Waals surface area (Å²) in [7, 11) is 0. The molecule has 1 atom stereocenters. The summed E-state index contributed by atoms with van der Waals surface area (Å²) < 4.78 is 26.7. The molecule has 0 aliphatic rings. The van der Waals surface area contributed by atoms with Gasteiger partial charge in [0.1, 0.15) is 11.6 Å². The van der Waals surface area contributed by atoms with Crippen LogP contribution in [-0.4, -0.2) is 18.5 Å². The molecule has 3 nitrogen and oxygen atoms in total. The smallest absolute Gasteiger partial charge is 0.237 e. The van der Waals surface area contributed by atoms with Gasteiger partial charge in [-0.25, -0.2) is 8.78 Å². The van der Waals surface area contributed by atoms with Crippen molar-refractivity contribution >= 4 is 5.91 Å². The van der Waals surface area contributed by atoms with Crippen LogP contribution in [0.5, 0.6) is 0 Å². The number of carbonyl (C=O) groups is 1. The summed E-state index contributed by atoms with van der Waals surface area (Å²) in [6.07, 6.45) is 0.0983. The lowest BCUT2D eigenvalue weighted by molar-refractivity contribution is -0.124. The number of halogens is 2. The number of hydrogen-bond acceptors (Lipinski definition) is 2. The molecule has 0 aromatic heterocycles. The zero-order valence-corrected chi connectivity index (χ0v) is 11.5. The average Bonchev–Trinajstić information content (AvgIpc) is 2.30. The van der Waals surface area contributed by atoms with Crippen LogP contribution in [0.2, 0.25) is 0 Å². The Hall–Kier alpha value is -1.49. The van der Waals surface area contributed by atoms with Crippen LogP contribution in [-0.2, 0) is 11.2 Å². The molecule has 3 N–H and O–H groups in total. The summed E-state index contributed by atoms with van der Waals surface area (Å²) in [5, 5.41) is 2.59. The van der Waals surface area contributed by atoms with Gasteiger partial charge in [0.15, 0.2) is 0 Å². The molecule has 0 bridgehead atoms. The maximum Gasteiger partial charge on any atom is 0.237 e. The topological polar surface area (TPSA) is 55.1 Å². The SMILES string of the molecule is CC(C)(C)[C@H](N)C(=O)NCCc1c(F)cccc1F. The van der Waals surface area contributed by atoms with Crippen molar-refractivity contribution in [1.29, 1.82) is 0 Å². The van der Waals surface area contributed by atoms with Gasteiger partial charge in [-0.3, -0.25) is 4.79 Å². The van der Waals surface area contributed by atoms with Crippen molar-refractivity contribution in [1.82, 2.24) is 5.32 Å². The zero-order chi connectivity index (χ0) is 14.6. The Balaban J connectivity index is 2.54. The summed E-state index contributed by atoms with van der Waals surface area (Å²) in [5.74, 6) is -1.52. The van der Waals surface area contributed by atoms with Crippen molar-refractivity contribution in [2.24, 2.45) is 11.1 Å². The molecule has 0 aliphatic heterocycles. The van der Waals surface area contributed by atoms with Gasteiger partial charge in [0.05, 0.1) is 6.04 Å². The van der Waals surface area contributed by atoms with Gasteiger partial charge in [-0.1, -0.05) is 26.8 Å². The third-order valence-electron chi connectivity index (χ3n) is 2.95. The largest absolute Gasteiger partial charge is 0.354 e. The van der Waals surface area contributed by atoms with Crippen LogP contribution in [0.4, 0.5) is 8.78 Å². The fourth-order valence-electron chi connectivity index (χ4n) is 1.59. The first kappa shape index (κ1) is 15.6. The Bertz CT molecular complexity index is 435. The highest BCUT2D eigenvalue weighted by atomic mass is 19.1. The van der Waals surface area contributed by atoms with Gasteiger partial charge in [-0.15, -0.1) is 0 Å². The van der Waals surface area contributed by atoms with E-state index in [1.54, 1.807) is 0 Å². The molecule has 0 saturated heterocycles. The molecule has 106 valence electrons. The van der Waals surface area contributed by atoms with Crippen LogP contribution in [0.15, 0.2) is 18.2 Å². The lowest BCUT2D eigenvalue weighted by Crippen LogP contribution is -2.49. The van der Waals surface area contributed by atoms with Crippen molar-refractivity contribution in [2.45, 2.75) is 33.2 Å². The molecule has 0 unspecified atom stereocenters. The molecular formula is C14H20F2N2O. The molecule has 0 saturated carbocycles. The molecule has 0 radical (unpaired) electrons. The molecule has 5 heteroatoms. The number of nitrogens with two attached hydrogens (primary N) is 1. The van der Waals surface area contributed by atoms with E-state index in [0.717, 1.165) is 0 Å². The fourth-order valence-corrected chi connectivity index (χ4v) is 1.59. The predicted octanol–water partition coefficient (Wildman–Crippen LogP) is 2.00. The first-order chi connectivity index (χ1) is 8.73. The van der Waals surface area contributed by atoms with Crippen molar-refractivity contribution in [3.63, 3.8) is 0 Å². The quantitative estimate of drug-likeness (QED) is 0.879. The summed E-state index contributed by atoms with van der Waals surface area (Å²) in [5.41, 5.74) is 5.40. The Morgan fingerprint density at radius 2 is 1.84 bits per heavy atom. The average molecular weight is 270 g/mol. The summed E-state index contributed by atoms with van der Waals surface area (Å²) in [6.45, 7) is 5.72. The van der Waals surface area contributed by atoms with E-state index < -0.39 is 17.7 Å². The third-order valence-corrected chi connectivity index (χ3v) is 2.95. The minimum absolute atomic E-state index is 0.0212. The van der Waals surface area contributed by atoms with Gasteiger partial charge in [-0.05, 0) is 24.0 Å². The molecule has 0 heterocycles. The maximum atomic E-state index is 13.3. The van der Waals surface area contributed by atoms with E-state index in [2.05, 4.69) is 5.32 Å². The van der Waals surface area contributed by atoms with E-state index in [4.69, 9.17) is 5.73 Å². The van der Waals surface area contributed by atoms with Crippen LogP contribution < -0.4 is 11.1 Å². The maximum absolute atomic E-state index is 13.3. The van der Waals surface area contributed by atoms with E-state index in [1.807, 2.05) is 20.8 Å². The summed E-state index contributed by atoms with van der Waals surface area (Å²) in [6, 6.07) is 3.04. The number of carbonyl (C=O) groups excluding carboxylic acids is 1. The second kappa shape index (κ2) is 6.10. The van der Waals surface area contributed by atoms with Crippen molar-refractivity contribution < 1.29 is 13.6 Å². The summed E-state index contributed by atoms with van der Waals surface area (Å²) >= 11 is 0. The molecule has 1 aromatic carbocycles. The van der Waals surface area contributed by atoms with Crippen molar-refractivity contribution in [3.05, 3.63) is 35.4 Å². The second-order valence-corrected chi connectivity index (χ2v) is 5.58. The van der Waals surface area contributed by atoms with E-state index in [9.17, 15) is 13.6 Å². The fraction of sp³-hybridized carbons (Fsp3) is 0.500. The second-order valence-electron chi connectivity index (χ2n) is 5.58. The number of hydrogen-bond donors (Lipinski definition) is 2. The van der Waals surface area contributed by atoms with Gasteiger partial charge >= 0.3 is 0 Å². The predicted molar refractivity (Wildman–Crippen MR) is 70.5 cm³/mol. The van der Waals surface area contributed by atoms with Crippen LogP contribution in [0.1, 0.15) is 26.3 Å².